The first-order chi connectivity index (χ1) is 7.88. The van der Waals surface area contributed by atoms with Gasteiger partial charge in [0, 0.05) is 19.0 Å². The summed E-state index contributed by atoms with van der Waals surface area (Å²) in [6.07, 6.45) is 2.07. The van der Waals surface area contributed by atoms with Crippen LogP contribution < -0.4 is 4.72 Å². The van der Waals surface area contributed by atoms with Crippen LogP contribution in [0, 0.1) is 5.92 Å². The smallest absolute Gasteiger partial charge is 0.256 e. The second-order valence-corrected chi connectivity index (χ2v) is 6.28. The number of sulfonamides is 1. The summed E-state index contributed by atoms with van der Waals surface area (Å²) in [6, 6.07) is 1.31. The quantitative estimate of drug-likeness (QED) is 0.800. The molecule has 1 heterocycles. The molecule has 98 valence electrons. The lowest BCUT2D eigenvalue weighted by molar-refractivity contribution is 0.436. The average Bonchev–Trinajstić information content (AvgIpc) is 2.64. The van der Waals surface area contributed by atoms with E-state index in [-0.39, 0.29) is 17.0 Å². The number of hydrogen-bond donors (Lipinski definition) is 1. The highest BCUT2D eigenvalue weighted by molar-refractivity contribution is 7.89. The second kappa shape index (κ2) is 5.84. The number of aryl methyl sites for hydroxylation is 1. The van der Waals surface area contributed by atoms with Crippen molar-refractivity contribution < 1.29 is 8.42 Å². The molecule has 1 rings (SSSR count). The van der Waals surface area contributed by atoms with E-state index in [2.05, 4.69) is 9.82 Å². The molecule has 0 aliphatic heterocycles. The highest BCUT2D eigenvalue weighted by Gasteiger charge is 2.24. The van der Waals surface area contributed by atoms with E-state index in [1.165, 1.54) is 16.9 Å². The largest absolute Gasteiger partial charge is 0.257 e. The molecule has 0 fully saturated rings. The highest BCUT2D eigenvalue weighted by Crippen LogP contribution is 2.13. The number of alkyl halides is 1. The molecule has 0 bridgehead atoms. The minimum Gasteiger partial charge on any atom is -0.256 e. The number of nitrogens with zero attached hydrogens (tertiary/aromatic N) is 2. The molecule has 0 amide bonds. The van der Waals surface area contributed by atoms with Crippen molar-refractivity contribution in [3.63, 3.8) is 0 Å². The van der Waals surface area contributed by atoms with Crippen LogP contribution in [0.3, 0.4) is 0 Å². The maximum atomic E-state index is 12.1. The first-order valence-corrected chi connectivity index (χ1v) is 7.46. The van der Waals surface area contributed by atoms with E-state index in [9.17, 15) is 8.42 Å². The van der Waals surface area contributed by atoms with Crippen molar-refractivity contribution in [3.8, 4) is 0 Å². The van der Waals surface area contributed by atoms with E-state index in [1.807, 2.05) is 13.8 Å². The molecule has 1 unspecified atom stereocenters. The molecule has 17 heavy (non-hydrogen) atoms. The summed E-state index contributed by atoms with van der Waals surface area (Å²) in [5, 5.41) is 4.02. The lowest BCUT2D eigenvalue weighted by atomic mass is 10.0. The minimum absolute atomic E-state index is 0.160. The third-order valence-corrected chi connectivity index (χ3v) is 4.36. The zero-order valence-corrected chi connectivity index (χ0v) is 11.8. The van der Waals surface area contributed by atoms with E-state index in [1.54, 1.807) is 7.05 Å². The Kier molecular flexibility index (Phi) is 4.97. The van der Waals surface area contributed by atoms with Crippen molar-refractivity contribution >= 4 is 21.6 Å². The molecule has 0 radical (unpaired) electrons. The lowest BCUT2D eigenvalue weighted by Gasteiger charge is -2.21. The van der Waals surface area contributed by atoms with Crippen molar-refractivity contribution in [3.05, 3.63) is 12.3 Å². The van der Waals surface area contributed by atoms with Crippen molar-refractivity contribution in [2.75, 3.05) is 5.88 Å². The molecule has 7 heteroatoms. The van der Waals surface area contributed by atoms with Gasteiger partial charge in [0.1, 0.15) is 0 Å². The average molecular weight is 280 g/mol. The van der Waals surface area contributed by atoms with Crippen LogP contribution in [0.1, 0.15) is 20.3 Å². The predicted molar refractivity (Wildman–Crippen MR) is 67.5 cm³/mol. The maximum absolute atomic E-state index is 12.1. The predicted octanol–water partition coefficient (Wildman–Crippen LogP) is 1.35. The molecule has 1 aromatic heterocycles. The van der Waals surface area contributed by atoms with Gasteiger partial charge in [0.15, 0.2) is 5.03 Å². The molecule has 0 aliphatic carbocycles. The fraction of sp³-hybridized carbons (Fsp3) is 0.700. The van der Waals surface area contributed by atoms with Crippen LogP contribution in [-0.2, 0) is 17.1 Å². The number of aromatic nitrogens is 2. The van der Waals surface area contributed by atoms with E-state index in [4.69, 9.17) is 11.6 Å². The summed E-state index contributed by atoms with van der Waals surface area (Å²) in [5.74, 6) is 0.619. The van der Waals surface area contributed by atoms with Gasteiger partial charge in [-0.25, -0.2) is 13.1 Å². The fourth-order valence-corrected chi connectivity index (χ4v) is 3.31. The summed E-state index contributed by atoms with van der Waals surface area (Å²) in [5.41, 5.74) is 0. The van der Waals surface area contributed by atoms with Crippen LogP contribution >= 0.6 is 11.6 Å². The van der Waals surface area contributed by atoms with Gasteiger partial charge in [-0.3, -0.25) is 4.68 Å². The molecule has 1 atom stereocenters. The molecule has 1 N–H and O–H groups in total. The Hall–Kier alpha value is -0.590. The summed E-state index contributed by atoms with van der Waals surface area (Å²) < 4.78 is 28.2. The topological polar surface area (TPSA) is 64.0 Å². The van der Waals surface area contributed by atoms with Crippen LogP contribution in [0.4, 0.5) is 0 Å². The van der Waals surface area contributed by atoms with Crippen LogP contribution in [0.25, 0.3) is 0 Å². The molecule has 0 saturated carbocycles. The van der Waals surface area contributed by atoms with Crippen molar-refractivity contribution in [1.29, 1.82) is 0 Å². The third kappa shape index (κ3) is 3.69. The SMILES string of the molecule is CC(C)C(CCCl)NS(=O)(=O)c1ccnn1C. The molecule has 0 saturated heterocycles. The zero-order valence-electron chi connectivity index (χ0n) is 10.2. The Labute approximate surface area is 107 Å². The number of hydrogen-bond acceptors (Lipinski definition) is 3. The molecule has 5 nitrogen and oxygen atoms in total. The molecule has 0 aliphatic rings. The summed E-state index contributed by atoms with van der Waals surface area (Å²) in [6.45, 7) is 3.92. The number of rotatable bonds is 6. The standard InChI is InChI=1S/C10H18ClN3O2S/c1-8(2)9(4-6-11)13-17(15,16)10-5-7-12-14(10)3/h5,7-9,13H,4,6H2,1-3H3. The van der Waals surface area contributed by atoms with Crippen molar-refractivity contribution in [2.45, 2.75) is 31.3 Å². The minimum atomic E-state index is -3.52. The Balaban J connectivity index is 2.89. The third-order valence-electron chi connectivity index (χ3n) is 2.58. The monoisotopic (exact) mass is 279 g/mol. The molecule has 0 spiro atoms. The van der Waals surface area contributed by atoms with Gasteiger partial charge in [0.25, 0.3) is 10.0 Å². The summed E-state index contributed by atoms with van der Waals surface area (Å²) in [4.78, 5) is 0. The first kappa shape index (κ1) is 14.5. The van der Waals surface area contributed by atoms with Crippen molar-refractivity contribution in [1.82, 2.24) is 14.5 Å². The van der Waals surface area contributed by atoms with E-state index >= 15 is 0 Å². The highest BCUT2D eigenvalue weighted by atomic mass is 35.5. The van der Waals surface area contributed by atoms with Gasteiger partial charge in [-0.2, -0.15) is 5.10 Å². The Bertz CT molecular complexity index is 456. The second-order valence-electron chi connectivity index (χ2n) is 4.24. The molecular formula is C10H18ClN3O2S. The summed E-state index contributed by atoms with van der Waals surface area (Å²) in [7, 11) is -1.92. The Morgan fingerprint density at radius 3 is 2.59 bits per heavy atom. The van der Waals surface area contributed by atoms with Gasteiger partial charge in [-0.1, -0.05) is 13.8 Å². The van der Waals surface area contributed by atoms with Gasteiger partial charge in [0.05, 0.1) is 6.20 Å². The van der Waals surface area contributed by atoms with Gasteiger partial charge < -0.3 is 0 Å². The number of halogens is 1. The first-order valence-electron chi connectivity index (χ1n) is 5.44. The normalized spacial score (nSPS) is 14.2. The van der Waals surface area contributed by atoms with Crippen LogP contribution in [0.2, 0.25) is 0 Å². The molecular weight excluding hydrogens is 262 g/mol. The Morgan fingerprint density at radius 2 is 2.18 bits per heavy atom. The van der Waals surface area contributed by atoms with E-state index in [0.717, 1.165) is 0 Å². The Morgan fingerprint density at radius 1 is 1.53 bits per heavy atom. The summed E-state index contributed by atoms with van der Waals surface area (Å²) >= 11 is 5.67. The molecule has 1 aromatic rings. The maximum Gasteiger partial charge on any atom is 0.257 e. The van der Waals surface area contributed by atoms with Gasteiger partial charge in [-0.05, 0) is 18.4 Å². The van der Waals surface area contributed by atoms with Crippen LogP contribution in [-0.4, -0.2) is 30.1 Å². The van der Waals surface area contributed by atoms with Gasteiger partial charge >= 0.3 is 0 Å². The van der Waals surface area contributed by atoms with Crippen molar-refractivity contribution in [2.24, 2.45) is 13.0 Å². The number of nitrogens with one attached hydrogen (secondary N) is 1. The van der Waals surface area contributed by atoms with Gasteiger partial charge in [-0.15, -0.1) is 11.6 Å². The zero-order chi connectivity index (χ0) is 13.1. The van der Waals surface area contributed by atoms with Gasteiger partial charge in [0.2, 0.25) is 0 Å². The fourth-order valence-electron chi connectivity index (χ4n) is 1.53. The van der Waals surface area contributed by atoms with Crippen LogP contribution in [0.5, 0.6) is 0 Å². The van der Waals surface area contributed by atoms with Crippen LogP contribution in [0.15, 0.2) is 17.3 Å². The van der Waals surface area contributed by atoms with E-state index < -0.39 is 10.0 Å². The molecule has 0 aromatic carbocycles. The van der Waals surface area contributed by atoms with E-state index in [0.29, 0.717) is 12.3 Å². The lowest BCUT2D eigenvalue weighted by Crippen LogP contribution is -2.39.